The summed E-state index contributed by atoms with van der Waals surface area (Å²) in [5, 5.41) is 12.0. The molecular formula is C24H19Cl2N3O2S. The van der Waals surface area contributed by atoms with Crippen molar-refractivity contribution in [3.63, 3.8) is 0 Å². The number of hydrogen-bond acceptors (Lipinski definition) is 5. The van der Waals surface area contributed by atoms with Gasteiger partial charge in [-0.2, -0.15) is 0 Å². The van der Waals surface area contributed by atoms with Crippen molar-refractivity contribution in [3.8, 4) is 11.5 Å². The van der Waals surface area contributed by atoms with Gasteiger partial charge < -0.3 is 9.73 Å². The number of thioether (sulfide) groups is 1. The number of carbonyl (C=O) groups is 1. The quantitative estimate of drug-likeness (QED) is 0.306. The topological polar surface area (TPSA) is 68.0 Å². The number of benzene rings is 3. The molecule has 0 saturated carbocycles. The van der Waals surface area contributed by atoms with Gasteiger partial charge in [0.1, 0.15) is 0 Å². The molecule has 1 amide bonds. The first kappa shape index (κ1) is 22.4. The summed E-state index contributed by atoms with van der Waals surface area (Å²) < 4.78 is 5.72. The zero-order valence-electron chi connectivity index (χ0n) is 17.0. The van der Waals surface area contributed by atoms with Gasteiger partial charge in [-0.3, -0.25) is 4.79 Å². The first-order chi connectivity index (χ1) is 15.5. The van der Waals surface area contributed by atoms with Gasteiger partial charge in [0.25, 0.3) is 5.22 Å². The van der Waals surface area contributed by atoms with E-state index in [2.05, 4.69) is 15.5 Å². The molecule has 0 aliphatic heterocycles. The molecule has 8 heteroatoms. The van der Waals surface area contributed by atoms with E-state index in [1.54, 1.807) is 25.1 Å². The molecule has 162 valence electrons. The normalized spacial score (nSPS) is 12.0. The van der Waals surface area contributed by atoms with Crippen molar-refractivity contribution in [2.75, 3.05) is 0 Å². The van der Waals surface area contributed by atoms with Crippen molar-refractivity contribution in [1.82, 2.24) is 15.5 Å². The van der Waals surface area contributed by atoms with E-state index in [0.717, 1.165) is 11.1 Å². The Hall–Kier alpha value is -2.80. The lowest BCUT2D eigenvalue weighted by Gasteiger charge is -2.21. The monoisotopic (exact) mass is 483 g/mol. The Labute approximate surface area is 200 Å². The van der Waals surface area contributed by atoms with Crippen molar-refractivity contribution in [1.29, 1.82) is 0 Å². The summed E-state index contributed by atoms with van der Waals surface area (Å²) in [6, 6.07) is 24.5. The lowest BCUT2D eigenvalue weighted by molar-refractivity contribution is -0.120. The van der Waals surface area contributed by atoms with E-state index in [4.69, 9.17) is 27.6 Å². The predicted molar refractivity (Wildman–Crippen MR) is 128 cm³/mol. The Morgan fingerprint density at radius 2 is 1.56 bits per heavy atom. The molecule has 4 aromatic rings. The second kappa shape index (κ2) is 10.2. The van der Waals surface area contributed by atoms with E-state index in [1.165, 1.54) is 11.8 Å². The van der Waals surface area contributed by atoms with Crippen LogP contribution in [0.3, 0.4) is 0 Å². The third-order valence-electron chi connectivity index (χ3n) is 4.77. The van der Waals surface area contributed by atoms with Crippen molar-refractivity contribution >= 4 is 40.9 Å². The number of nitrogens with one attached hydrogen (secondary N) is 1. The van der Waals surface area contributed by atoms with Gasteiger partial charge in [-0.05, 0) is 36.2 Å². The summed E-state index contributed by atoms with van der Waals surface area (Å²) >= 11 is 13.4. The SMILES string of the molecule is C[C@@H](Sc1nnc(-c2ccc(Cl)cc2Cl)o1)C(=O)NC(c1ccccc1)c1ccccc1. The van der Waals surface area contributed by atoms with Gasteiger partial charge in [0, 0.05) is 5.02 Å². The maximum absolute atomic E-state index is 13.0. The van der Waals surface area contributed by atoms with Crippen molar-refractivity contribution in [2.24, 2.45) is 0 Å². The number of hydrogen-bond donors (Lipinski definition) is 1. The molecule has 1 N–H and O–H groups in total. The van der Waals surface area contributed by atoms with Gasteiger partial charge in [0.2, 0.25) is 11.8 Å². The first-order valence-corrected chi connectivity index (χ1v) is 11.5. The maximum atomic E-state index is 13.0. The lowest BCUT2D eigenvalue weighted by Crippen LogP contribution is -2.34. The molecule has 32 heavy (non-hydrogen) atoms. The number of aromatic nitrogens is 2. The molecule has 0 aliphatic carbocycles. The second-order valence-corrected chi connectivity index (χ2v) is 9.16. The van der Waals surface area contributed by atoms with E-state index < -0.39 is 5.25 Å². The lowest BCUT2D eigenvalue weighted by atomic mass is 9.98. The highest BCUT2D eigenvalue weighted by Crippen LogP contribution is 2.32. The summed E-state index contributed by atoms with van der Waals surface area (Å²) in [6.45, 7) is 1.80. The van der Waals surface area contributed by atoms with Crippen LogP contribution in [0.1, 0.15) is 24.1 Å². The summed E-state index contributed by atoms with van der Waals surface area (Å²) in [4.78, 5) is 13.0. The van der Waals surface area contributed by atoms with E-state index in [0.29, 0.717) is 15.6 Å². The van der Waals surface area contributed by atoms with Crippen LogP contribution in [0.5, 0.6) is 0 Å². The third-order valence-corrected chi connectivity index (χ3v) is 6.25. The molecular weight excluding hydrogens is 465 g/mol. The Morgan fingerprint density at radius 1 is 0.938 bits per heavy atom. The van der Waals surface area contributed by atoms with E-state index in [9.17, 15) is 4.79 Å². The summed E-state index contributed by atoms with van der Waals surface area (Å²) in [6.07, 6.45) is 0. The molecule has 5 nitrogen and oxygen atoms in total. The van der Waals surface area contributed by atoms with Crippen LogP contribution in [0.2, 0.25) is 10.0 Å². The summed E-state index contributed by atoms with van der Waals surface area (Å²) in [7, 11) is 0. The Morgan fingerprint density at radius 3 is 2.16 bits per heavy atom. The van der Waals surface area contributed by atoms with Crippen molar-refractivity contribution in [3.05, 3.63) is 100 Å². The largest absolute Gasteiger partial charge is 0.411 e. The molecule has 3 aromatic carbocycles. The minimum atomic E-state index is -0.459. The van der Waals surface area contributed by atoms with Gasteiger partial charge >= 0.3 is 0 Å². The molecule has 0 radical (unpaired) electrons. The molecule has 0 unspecified atom stereocenters. The van der Waals surface area contributed by atoms with Gasteiger partial charge in [-0.1, -0.05) is 95.6 Å². The number of carbonyl (C=O) groups excluding carboxylic acids is 1. The average molecular weight is 484 g/mol. The minimum Gasteiger partial charge on any atom is -0.411 e. The number of halogens is 2. The Balaban J connectivity index is 1.48. The fourth-order valence-electron chi connectivity index (χ4n) is 3.14. The first-order valence-electron chi connectivity index (χ1n) is 9.87. The highest BCUT2D eigenvalue weighted by atomic mass is 35.5. The van der Waals surface area contributed by atoms with E-state index in [-0.39, 0.29) is 23.1 Å². The minimum absolute atomic E-state index is 0.142. The number of rotatable bonds is 7. The smallest absolute Gasteiger partial charge is 0.277 e. The number of nitrogens with zero attached hydrogens (tertiary/aromatic N) is 2. The highest BCUT2D eigenvalue weighted by Gasteiger charge is 2.23. The Bertz CT molecular complexity index is 1160. The van der Waals surface area contributed by atoms with E-state index >= 15 is 0 Å². The zero-order chi connectivity index (χ0) is 22.5. The number of amides is 1. The summed E-state index contributed by atoms with van der Waals surface area (Å²) in [5.74, 6) is 0.130. The van der Waals surface area contributed by atoms with Crippen LogP contribution in [0.4, 0.5) is 0 Å². The molecule has 0 aliphatic rings. The van der Waals surface area contributed by atoms with Crippen LogP contribution in [0, 0.1) is 0 Å². The molecule has 4 rings (SSSR count). The van der Waals surface area contributed by atoms with Crippen molar-refractivity contribution < 1.29 is 9.21 Å². The molecule has 0 bridgehead atoms. The van der Waals surface area contributed by atoms with Crippen LogP contribution >= 0.6 is 35.0 Å². The van der Waals surface area contributed by atoms with Crippen LogP contribution in [0.25, 0.3) is 11.5 Å². The van der Waals surface area contributed by atoms with Crippen LogP contribution < -0.4 is 5.32 Å². The zero-order valence-corrected chi connectivity index (χ0v) is 19.4. The van der Waals surface area contributed by atoms with Crippen molar-refractivity contribution in [2.45, 2.75) is 23.4 Å². The average Bonchev–Trinajstić information content (AvgIpc) is 3.26. The molecule has 0 saturated heterocycles. The second-order valence-electron chi connectivity index (χ2n) is 7.02. The van der Waals surface area contributed by atoms with Crippen LogP contribution in [-0.4, -0.2) is 21.4 Å². The maximum Gasteiger partial charge on any atom is 0.277 e. The summed E-state index contributed by atoms with van der Waals surface area (Å²) in [5.41, 5.74) is 2.59. The van der Waals surface area contributed by atoms with Crippen LogP contribution in [-0.2, 0) is 4.79 Å². The molecule has 0 fully saturated rings. The highest BCUT2D eigenvalue weighted by molar-refractivity contribution is 8.00. The van der Waals surface area contributed by atoms with E-state index in [1.807, 2.05) is 60.7 Å². The molecule has 1 aromatic heterocycles. The fourth-order valence-corrected chi connectivity index (χ4v) is 4.33. The van der Waals surface area contributed by atoms with Gasteiger partial charge in [0.05, 0.1) is 21.9 Å². The molecule has 1 atom stereocenters. The molecule has 1 heterocycles. The van der Waals surface area contributed by atoms with Gasteiger partial charge in [-0.25, -0.2) is 0 Å². The van der Waals surface area contributed by atoms with Gasteiger partial charge in [0.15, 0.2) is 0 Å². The van der Waals surface area contributed by atoms with Gasteiger partial charge in [-0.15, -0.1) is 10.2 Å². The van der Waals surface area contributed by atoms with Crippen LogP contribution in [0.15, 0.2) is 88.5 Å². The standard InChI is InChI=1S/C24H19Cl2N3O2S/c1-15(32-24-29-28-23(31-24)19-13-12-18(25)14-20(19)26)22(30)27-21(16-8-4-2-5-9-16)17-10-6-3-7-11-17/h2-15,21H,1H3,(H,27,30)/t15-/m1/s1. The Kier molecular flexibility index (Phi) is 7.15. The predicted octanol–water partition coefficient (Wildman–Crippen LogP) is 6.43. The molecule has 0 spiro atoms. The third kappa shape index (κ3) is 5.33. The fraction of sp³-hybridized carbons (Fsp3) is 0.125.